The molecule has 6 heteroatoms. The van der Waals surface area contributed by atoms with Crippen LogP contribution in [0.2, 0.25) is 0 Å². The zero-order valence-electron chi connectivity index (χ0n) is 11.0. The molecule has 19 heavy (non-hydrogen) atoms. The van der Waals surface area contributed by atoms with E-state index in [-0.39, 0.29) is 16.5 Å². The van der Waals surface area contributed by atoms with Crippen LogP contribution in [0.1, 0.15) is 19.4 Å². The Balaban J connectivity index is 2.27. The van der Waals surface area contributed by atoms with Crippen molar-refractivity contribution in [3.8, 4) is 0 Å². The van der Waals surface area contributed by atoms with Gasteiger partial charge >= 0.3 is 0 Å². The zero-order valence-corrected chi connectivity index (χ0v) is 12.6. The first-order valence-electron chi connectivity index (χ1n) is 6.25. The average Bonchev–Trinajstić information content (AvgIpc) is 2.36. The summed E-state index contributed by atoms with van der Waals surface area (Å²) in [5, 5.41) is 12.0. The standard InChI is InChI=1S/C13H17ClN2O2S/c1-9-7-15(8-10(2)19-9)12-3-4-13(16(17)18)11(5-12)6-14/h3-5,9-10H,6-8H2,1-2H3. The van der Waals surface area contributed by atoms with Crippen molar-refractivity contribution < 1.29 is 4.92 Å². The van der Waals surface area contributed by atoms with Gasteiger partial charge in [-0.05, 0) is 12.1 Å². The van der Waals surface area contributed by atoms with Crippen molar-refractivity contribution >= 4 is 34.7 Å². The zero-order chi connectivity index (χ0) is 14.0. The molecule has 1 aliphatic rings. The van der Waals surface area contributed by atoms with Crippen molar-refractivity contribution in [1.82, 2.24) is 0 Å². The van der Waals surface area contributed by atoms with E-state index in [1.165, 1.54) is 0 Å². The Morgan fingerprint density at radius 1 is 1.42 bits per heavy atom. The molecule has 4 nitrogen and oxygen atoms in total. The predicted octanol–water partition coefficient (Wildman–Crippen LogP) is 3.66. The summed E-state index contributed by atoms with van der Waals surface area (Å²) in [6, 6.07) is 5.23. The topological polar surface area (TPSA) is 46.4 Å². The van der Waals surface area contributed by atoms with Gasteiger partial charge in [0.2, 0.25) is 0 Å². The van der Waals surface area contributed by atoms with Crippen LogP contribution < -0.4 is 4.90 Å². The van der Waals surface area contributed by atoms with Crippen LogP contribution in [-0.2, 0) is 5.88 Å². The highest BCUT2D eigenvalue weighted by atomic mass is 35.5. The third kappa shape index (κ3) is 3.34. The molecule has 1 aromatic carbocycles. The monoisotopic (exact) mass is 300 g/mol. The minimum absolute atomic E-state index is 0.103. The number of halogens is 1. The van der Waals surface area contributed by atoms with Gasteiger partial charge in [-0.1, -0.05) is 13.8 Å². The summed E-state index contributed by atoms with van der Waals surface area (Å²) in [5.74, 6) is 0.165. The van der Waals surface area contributed by atoms with Gasteiger partial charge in [-0.25, -0.2) is 0 Å². The van der Waals surface area contributed by atoms with Gasteiger partial charge in [0, 0.05) is 40.9 Å². The second-order valence-electron chi connectivity index (χ2n) is 4.87. The van der Waals surface area contributed by atoms with E-state index in [0.29, 0.717) is 16.1 Å². The van der Waals surface area contributed by atoms with Crippen molar-refractivity contribution in [2.75, 3.05) is 18.0 Å². The van der Waals surface area contributed by atoms with E-state index in [4.69, 9.17) is 11.6 Å². The highest BCUT2D eigenvalue weighted by Crippen LogP contribution is 2.31. The van der Waals surface area contributed by atoms with Crippen LogP contribution in [0.25, 0.3) is 0 Å². The van der Waals surface area contributed by atoms with E-state index in [1.807, 2.05) is 23.9 Å². The highest BCUT2D eigenvalue weighted by molar-refractivity contribution is 8.00. The van der Waals surface area contributed by atoms with E-state index >= 15 is 0 Å². The minimum atomic E-state index is -0.376. The minimum Gasteiger partial charge on any atom is -0.369 e. The van der Waals surface area contributed by atoms with Crippen molar-refractivity contribution in [3.05, 3.63) is 33.9 Å². The summed E-state index contributed by atoms with van der Waals surface area (Å²) >= 11 is 7.80. The molecule has 2 rings (SSSR count). The van der Waals surface area contributed by atoms with Crippen molar-refractivity contribution in [1.29, 1.82) is 0 Å². The van der Waals surface area contributed by atoms with Gasteiger partial charge in [0.1, 0.15) is 0 Å². The number of benzene rings is 1. The van der Waals surface area contributed by atoms with Crippen LogP contribution in [0.5, 0.6) is 0 Å². The molecule has 1 heterocycles. The van der Waals surface area contributed by atoms with Crippen LogP contribution in [0.15, 0.2) is 18.2 Å². The summed E-state index contributed by atoms with van der Waals surface area (Å²) in [7, 11) is 0. The van der Waals surface area contributed by atoms with E-state index in [0.717, 1.165) is 18.8 Å². The fraction of sp³-hybridized carbons (Fsp3) is 0.538. The Labute approximate surface area is 122 Å². The predicted molar refractivity (Wildman–Crippen MR) is 81.4 cm³/mol. The number of alkyl halides is 1. The van der Waals surface area contributed by atoms with E-state index in [2.05, 4.69) is 18.7 Å². The smallest absolute Gasteiger partial charge is 0.273 e. The summed E-state index contributed by atoms with van der Waals surface area (Å²) < 4.78 is 0. The normalized spacial score (nSPS) is 23.4. The first kappa shape index (κ1) is 14.5. The molecule has 2 atom stereocenters. The van der Waals surface area contributed by atoms with Gasteiger partial charge in [0.15, 0.2) is 0 Å². The number of anilines is 1. The molecule has 0 radical (unpaired) electrons. The number of rotatable bonds is 3. The first-order chi connectivity index (χ1) is 9.01. The SMILES string of the molecule is CC1CN(c2ccc([N+](=O)[O-])c(CCl)c2)CC(C)S1. The third-order valence-electron chi connectivity index (χ3n) is 3.19. The third-order valence-corrected chi connectivity index (χ3v) is 4.70. The lowest BCUT2D eigenvalue weighted by molar-refractivity contribution is -0.385. The molecule has 104 valence electrons. The largest absolute Gasteiger partial charge is 0.369 e. The maximum Gasteiger partial charge on any atom is 0.273 e. The van der Waals surface area contributed by atoms with Gasteiger partial charge in [-0.15, -0.1) is 11.6 Å². The molecular formula is C13H17ClN2O2S. The summed E-state index contributed by atoms with van der Waals surface area (Å²) in [5.41, 5.74) is 1.72. The number of hydrogen-bond acceptors (Lipinski definition) is 4. The van der Waals surface area contributed by atoms with Crippen LogP contribution >= 0.6 is 23.4 Å². The maximum atomic E-state index is 10.9. The Morgan fingerprint density at radius 3 is 2.58 bits per heavy atom. The quantitative estimate of drug-likeness (QED) is 0.485. The van der Waals surface area contributed by atoms with E-state index in [9.17, 15) is 10.1 Å². The lowest BCUT2D eigenvalue weighted by atomic mass is 10.1. The first-order valence-corrected chi connectivity index (χ1v) is 7.72. The molecule has 0 N–H and O–H groups in total. The molecule has 0 aliphatic carbocycles. The summed E-state index contributed by atoms with van der Waals surface area (Å²) in [4.78, 5) is 12.8. The Morgan fingerprint density at radius 2 is 2.05 bits per heavy atom. The number of thioether (sulfide) groups is 1. The maximum absolute atomic E-state index is 10.9. The van der Waals surface area contributed by atoms with Crippen LogP contribution in [0, 0.1) is 10.1 Å². The molecule has 0 aromatic heterocycles. The van der Waals surface area contributed by atoms with Gasteiger partial charge in [0.25, 0.3) is 5.69 Å². The fourth-order valence-corrected chi connectivity index (χ4v) is 3.98. The number of nitro benzene ring substituents is 1. The molecule has 0 bridgehead atoms. The lowest BCUT2D eigenvalue weighted by Gasteiger charge is -2.36. The van der Waals surface area contributed by atoms with Gasteiger partial charge in [-0.3, -0.25) is 10.1 Å². The van der Waals surface area contributed by atoms with Gasteiger partial charge < -0.3 is 4.90 Å². The Bertz CT molecular complexity index is 474. The molecule has 1 aromatic rings. The van der Waals surface area contributed by atoms with Gasteiger partial charge in [0.05, 0.1) is 10.8 Å². The number of nitro groups is 1. The van der Waals surface area contributed by atoms with Crippen molar-refractivity contribution in [3.63, 3.8) is 0 Å². The molecule has 1 fully saturated rings. The molecule has 2 unspecified atom stereocenters. The van der Waals surface area contributed by atoms with Crippen LogP contribution in [0.4, 0.5) is 11.4 Å². The highest BCUT2D eigenvalue weighted by Gasteiger charge is 2.24. The fourth-order valence-electron chi connectivity index (χ4n) is 2.44. The summed E-state index contributed by atoms with van der Waals surface area (Å²) in [6.45, 7) is 6.35. The van der Waals surface area contributed by atoms with Crippen LogP contribution in [0.3, 0.4) is 0 Å². The summed E-state index contributed by atoms with van der Waals surface area (Å²) in [6.07, 6.45) is 0. The molecule has 0 spiro atoms. The van der Waals surface area contributed by atoms with Gasteiger partial charge in [-0.2, -0.15) is 11.8 Å². The van der Waals surface area contributed by atoms with Crippen molar-refractivity contribution in [2.45, 2.75) is 30.2 Å². The molecule has 1 aliphatic heterocycles. The Hall–Kier alpha value is -0.940. The number of nitrogens with zero attached hydrogens (tertiary/aromatic N) is 2. The Kier molecular flexibility index (Phi) is 4.58. The second-order valence-corrected chi connectivity index (χ2v) is 7.01. The lowest BCUT2D eigenvalue weighted by Crippen LogP contribution is -2.40. The molecule has 0 amide bonds. The average molecular weight is 301 g/mol. The van der Waals surface area contributed by atoms with Crippen molar-refractivity contribution in [2.24, 2.45) is 0 Å². The molecular weight excluding hydrogens is 284 g/mol. The molecule has 1 saturated heterocycles. The van der Waals surface area contributed by atoms with Crippen LogP contribution in [-0.4, -0.2) is 28.5 Å². The molecule has 0 saturated carbocycles. The second kappa shape index (κ2) is 6.01. The number of hydrogen-bond donors (Lipinski definition) is 0. The van der Waals surface area contributed by atoms with E-state index in [1.54, 1.807) is 6.07 Å². The van der Waals surface area contributed by atoms with E-state index < -0.39 is 0 Å².